The molecule has 3 N–H and O–H groups in total. The van der Waals surface area contributed by atoms with Crippen LogP contribution in [0.25, 0.3) is 23.1 Å². The molecule has 0 amide bonds. The van der Waals surface area contributed by atoms with Crippen LogP contribution in [0.15, 0.2) is 78.9 Å². The third kappa shape index (κ3) is 9.06. The van der Waals surface area contributed by atoms with Gasteiger partial charge in [0.25, 0.3) is 0 Å². The van der Waals surface area contributed by atoms with E-state index in [9.17, 15) is 14.7 Å². The van der Waals surface area contributed by atoms with Gasteiger partial charge in [-0.3, -0.25) is 0 Å². The molecule has 0 fully saturated rings. The van der Waals surface area contributed by atoms with Gasteiger partial charge in [0.1, 0.15) is 12.4 Å². The van der Waals surface area contributed by atoms with Crippen LogP contribution in [-0.4, -0.2) is 57.8 Å². The average molecular weight is 594 g/mol. The van der Waals surface area contributed by atoms with Gasteiger partial charge in [-0.2, -0.15) is 0 Å². The number of rotatable bonds is 14. The maximum absolute atomic E-state index is 11.5. The number of hydrogen-bond acceptors (Lipinski definition) is 7. The number of aliphatic hydroxyl groups excluding tert-OH is 1. The van der Waals surface area contributed by atoms with Crippen LogP contribution in [0.2, 0.25) is 5.02 Å². The van der Waals surface area contributed by atoms with Crippen molar-refractivity contribution in [3.8, 4) is 5.75 Å². The molecule has 3 aromatic carbocycles. The summed E-state index contributed by atoms with van der Waals surface area (Å²) in [6.45, 7) is -0.706. The number of pyridine rings is 1. The highest BCUT2D eigenvalue weighted by Crippen LogP contribution is 2.41. The van der Waals surface area contributed by atoms with Crippen LogP contribution >= 0.6 is 23.4 Å². The van der Waals surface area contributed by atoms with Gasteiger partial charge in [0, 0.05) is 16.2 Å². The first kappa shape index (κ1) is 30.1. The van der Waals surface area contributed by atoms with Gasteiger partial charge in [-0.05, 0) is 59.2 Å². The highest BCUT2D eigenvalue weighted by Gasteiger charge is 2.24. The minimum absolute atomic E-state index is 0.183. The minimum Gasteiger partial charge on any atom is -0.482 e. The first-order valence-corrected chi connectivity index (χ1v) is 14.1. The second-order valence-electron chi connectivity index (χ2n) is 9.01. The molecule has 4 rings (SSSR count). The van der Waals surface area contributed by atoms with Crippen molar-refractivity contribution < 1.29 is 34.4 Å². The maximum Gasteiger partial charge on any atom is 0.341 e. The summed E-state index contributed by atoms with van der Waals surface area (Å²) in [6, 6.07) is 23.9. The van der Waals surface area contributed by atoms with E-state index in [0.29, 0.717) is 22.1 Å². The number of thioether (sulfide) groups is 1. The van der Waals surface area contributed by atoms with Crippen molar-refractivity contribution in [2.75, 3.05) is 25.6 Å². The maximum atomic E-state index is 11.5. The first-order valence-electron chi connectivity index (χ1n) is 12.7. The molecule has 4 aromatic rings. The molecule has 0 saturated carbocycles. The van der Waals surface area contributed by atoms with Gasteiger partial charge in [0.05, 0.1) is 29.2 Å². The van der Waals surface area contributed by atoms with Crippen molar-refractivity contribution in [3.05, 3.63) is 106 Å². The number of fused-ring (bicyclic) bond motifs is 1. The van der Waals surface area contributed by atoms with Crippen LogP contribution in [0, 0.1) is 0 Å². The molecule has 1 aromatic heterocycles. The molecule has 0 aliphatic rings. The first-order chi connectivity index (χ1) is 19.8. The third-order valence-corrected chi connectivity index (χ3v) is 7.49. The number of carboxylic acid groups (broad SMARTS) is 2. The zero-order chi connectivity index (χ0) is 29.2. The second kappa shape index (κ2) is 14.7. The zero-order valence-corrected chi connectivity index (χ0v) is 23.4. The normalized spacial score (nSPS) is 12.8. The monoisotopic (exact) mass is 593 g/mol. The molecule has 0 spiro atoms. The minimum atomic E-state index is -1.09. The number of ether oxygens (including phenoxy) is 2. The van der Waals surface area contributed by atoms with Crippen LogP contribution < -0.4 is 4.74 Å². The zero-order valence-electron chi connectivity index (χ0n) is 21.9. The van der Waals surface area contributed by atoms with E-state index in [1.165, 1.54) is 11.8 Å². The predicted octanol–water partition coefficient (Wildman–Crippen LogP) is 6.13. The van der Waals surface area contributed by atoms with E-state index in [1.807, 2.05) is 72.8 Å². The fourth-order valence-corrected chi connectivity index (χ4v) is 5.40. The smallest absolute Gasteiger partial charge is 0.341 e. The SMILES string of the molecule is O=C(O)COCCSC(c1cccc(OCC(=O)O)c1)C(O)c1cccc(C=Cc2ccc3ccc(Cl)cc3n2)c1. The molecule has 0 aliphatic heterocycles. The number of aliphatic hydroxyl groups is 1. The van der Waals surface area contributed by atoms with Gasteiger partial charge < -0.3 is 24.8 Å². The largest absolute Gasteiger partial charge is 0.482 e. The molecular weight excluding hydrogens is 566 g/mol. The van der Waals surface area contributed by atoms with Gasteiger partial charge >= 0.3 is 11.9 Å². The molecule has 1 heterocycles. The van der Waals surface area contributed by atoms with E-state index in [1.54, 1.807) is 18.2 Å². The number of hydrogen-bond donors (Lipinski definition) is 3. The summed E-state index contributed by atoms with van der Waals surface area (Å²) in [4.78, 5) is 26.4. The molecule has 0 bridgehead atoms. The predicted molar refractivity (Wildman–Crippen MR) is 160 cm³/mol. The Morgan fingerprint density at radius 1 is 0.902 bits per heavy atom. The molecule has 0 saturated heterocycles. The molecule has 212 valence electrons. The van der Waals surface area contributed by atoms with Crippen molar-refractivity contribution in [1.82, 2.24) is 4.98 Å². The summed E-state index contributed by atoms with van der Waals surface area (Å²) in [5.74, 6) is -1.36. The van der Waals surface area contributed by atoms with Crippen molar-refractivity contribution in [3.63, 3.8) is 0 Å². The summed E-state index contributed by atoms with van der Waals surface area (Å²) >= 11 is 7.52. The number of benzene rings is 3. The Morgan fingerprint density at radius 2 is 1.66 bits per heavy atom. The fraction of sp³-hybridized carbons (Fsp3) is 0.194. The van der Waals surface area contributed by atoms with E-state index in [2.05, 4.69) is 4.98 Å². The van der Waals surface area contributed by atoms with E-state index in [-0.39, 0.29) is 6.61 Å². The number of carbonyl (C=O) groups is 2. The quantitative estimate of drug-likeness (QED) is 0.148. The molecule has 2 atom stereocenters. The van der Waals surface area contributed by atoms with Crippen LogP contribution in [0.1, 0.15) is 33.7 Å². The van der Waals surface area contributed by atoms with E-state index in [4.69, 9.17) is 31.3 Å². The molecule has 8 nitrogen and oxygen atoms in total. The Bertz CT molecular complexity index is 1540. The Balaban J connectivity index is 1.54. The summed E-state index contributed by atoms with van der Waals surface area (Å²) < 4.78 is 10.5. The summed E-state index contributed by atoms with van der Waals surface area (Å²) in [5.41, 5.74) is 3.82. The Morgan fingerprint density at radius 3 is 2.46 bits per heavy atom. The van der Waals surface area contributed by atoms with Gasteiger partial charge in [-0.25, -0.2) is 14.6 Å². The van der Waals surface area contributed by atoms with Crippen LogP contribution in [-0.2, 0) is 14.3 Å². The Hall–Kier alpha value is -3.89. The number of aliphatic carboxylic acids is 2. The molecule has 2 unspecified atom stereocenters. The molecular formula is C31H28ClNO7S. The van der Waals surface area contributed by atoms with Gasteiger partial charge in [-0.1, -0.05) is 60.1 Å². The van der Waals surface area contributed by atoms with Crippen molar-refractivity contribution >= 4 is 58.4 Å². The lowest BCUT2D eigenvalue weighted by atomic mass is 9.98. The Kier molecular flexibility index (Phi) is 10.8. The van der Waals surface area contributed by atoms with Crippen molar-refractivity contribution in [2.24, 2.45) is 0 Å². The number of aromatic nitrogens is 1. The highest BCUT2D eigenvalue weighted by atomic mass is 35.5. The fourth-order valence-electron chi connectivity index (χ4n) is 4.09. The number of carboxylic acids is 2. The van der Waals surface area contributed by atoms with E-state index < -0.39 is 36.5 Å². The summed E-state index contributed by atoms with van der Waals surface area (Å²) in [7, 11) is 0. The standard InChI is InChI=1S/C31H28ClNO7S/c32-24-10-8-21-9-12-25(33-27(21)17-24)11-7-20-3-1-4-22(15-20)30(38)31(41-14-13-39-18-28(34)35)23-5-2-6-26(16-23)40-19-29(36)37/h1-12,15-17,30-31,38H,13-14,18-19H2,(H,34,35)(H,36,37). The number of nitrogens with zero attached hydrogens (tertiary/aromatic N) is 1. The third-order valence-electron chi connectivity index (χ3n) is 5.96. The topological polar surface area (TPSA) is 126 Å². The summed E-state index contributed by atoms with van der Waals surface area (Å²) in [5, 5.41) is 30.4. The Labute approximate surface area is 246 Å². The van der Waals surface area contributed by atoms with Gasteiger partial charge in [-0.15, -0.1) is 11.8 Å². The van der Waals surface area contributed by atoms with E-state index >= 15 is 0 Å². The van der Waals surface area contributed by atoms with Crippen LogP contribution in [0.5, 0.6) is 5.75 Å². The van der Waals surface area contributed by atoms with Crippen molar-refractivity contribution in [2.45, 2.75) is 11.4 Å². The lowest BCUT2D eigenvalue weighted by Gasteiger charge is -2.24. The van der Waals surface area contributed by atoms with Gasteiger partial charge in [0.15, 0.2) is 6.61 Å². The molecule has 0 aliphatic carbocycles. The summed E-state index contributed by atoms with van der Waals surface area (Å²) in [6.07, 6.45) is 2.86. The highest BCUT2D eigenvalue weighted by molar-refractivity contribution is 7.99. The van der Waals surface area contributed by atoms with Crippen LogP contribution in [0.3, 0.4) is 0 Å². The lowest BCUT2D eigenvalue weighted by molar-refractivity contribution is -0.142. The van der Waals surface area contributed by atoms with Crippen molar-refractivity contribution in [1.29, 1.82) is 0 Å². The molecule has 10 heteroatoms. The number of halogens is 1. The molecule has 41 heavy (non-hydrogen) atoms. The van der Waals surface area contributed by atoms with Crippen LogP contribution in [0.4, 0.5) is 0 Å². The van der Waals surface area contributed by atoms with Gasteiger partial charge in [0.2, 0.25) is 0 Å². The second-order valence-corrected chi connectivity index (χ2v) is 10.7. The molecule has 0 radical (unpaired) electrons. The van der Waals surface area contributed by atoms with E-state index in [0.717, 1.165) is 27.7 Å². The lowest BCUT2D eigenvalue weighted by Crippen LogP contribution is -2.13. The average Bonchev–Trinajstić information content (AvgIpc) is 2.96.